The minimum atomic E-state index is -5.08. The highest BCUT2D eigenvalue weighted by atomic mass is 32.1. The van der Waals surface area contributed by atoms with Crippen molar-refractivity contribution >= 4 is 28.3 Å². The van der Waals surface area contributed by atoms with Gasteiger partial charge in [-0.15, -0.1) is 11.3 Å². The third kappa shape index (κ3) is 7.54. The number of aromatic nitrogens is 2. The van der Waals surface area contributed by atoms with Crippen LogP contribution in [0.5, 0.6) is 0 Å². The van der Waals surface area contributed by atoms with Crippen molar-refractivity contribution in [3.05, 3.63) is 65.7 Å². The third-order valence-corrected chi connectivity index (χ3v) is 6.21. The average molecular weight is 545 g/mol. The summed E-state index contributed by atoms with van der Waals surface area (Å²) in [6.45, 7) is 2.26. The summed E-state index contributed by atoms with van der Waals surface area (Å²) in [6.07, 6.45) is -9.46. The number of H-pyrrole nitrogens is 1. The molecule has 0 spiro atoms. The van der Waals surface area contributed by atoms with Crippen LogP contribution in [0.3, 0.4) is 0 Å². The summed E-state index contributed by atoms with van der Waals surface area (Å²) in [7, 11) is 2.04. The molecule has 198 valence electrons. The number of likely N-dealkylation sites (N-methyl/N-ethyl adjacent to an activating group) is 1. The van der Waals surface area contributed by atoms with Gasteiger partial charge in [0.05, 0.1) is 21.5 Å². The van der Waals surface area contributed by atoms with E-state index in [-0.39, 0.29) is 0 Å². The molecule has 37 heavy (non-hydrogen) atoms. The topological polar surface area (TPSA) is 95.2 Å². The lowest BCUT2D eigenvalue weighted by molar-refractivity contribution is -0.192. The first kappa shape index (κ1) is 28.2. The second kappa shape index (κ2) is 11.3. The number of halogens is 6. The number of nitrogens with zero attached hydrogens (tertiary/aromatic N) is 2. The van der Waals surface area contributed by atoms with Crippen molar-refractivity contribution in [2.75, 3.05) is 20.1 Å². The van der Waals surface area contributed by atoms with Gasteiger partial charge in [-0.2, -0.15) is 26.3 Å². The Morgan fingerprint density at radius 2 is 1.73 bits per heavy atom. The fourth-order valence-electron chi connectivity index (χ4n) is 3.36. The highest BCUT2D eigenvalue weighted by Gasteiger charge is 2.38. The van der Waals surface area contributed by atoms with Gasteiger partial charge in [0.15, 0.2) is 0 Å². The predicted molar refractivity (Wildman–Crippen MR) is 129 cm³/mol. The molecule has 0 saturated heterocycles. The number of carboxylic acids is 1. The molecule has 0 amide bonds. The maximum atomic E-state index is 12.9. The van der Waals surface area contributed by atoms with E-state index in [0.717, 1.165) is 40.5 Å². The zero-order valence-corrected chi connectivity index (χ0v) is 20.1. The van der Waals surface area contributed by atoms with Crippen LogP contribution in [0.15, 0.2) is 54.6 Å². The third-order valence-electron chi connectivity index (χ3n) is 5.07. The van der Waals surface area contributed by atoms with E-state index < -0.39 is 23.9 Å². The van der Waals surface area contributed by atoms with Crippen molar-refractivity contribution in [1.29, 1.82) is 0 Å². The van der Waals surface area contributed by atoms with Crippen LogP contribution in [-0.2, 0) is 17.5 Å². The molecule has 0 saturated carbocycles. The van der Waals surface area contributed by atoms with Gasteiger partial charge in [-0.1, -0.05) is 18.2 Å². The number of aromatic amines is 1. The summed E-state index contributed by atoms with van der Waals surface area (Å²) < 4.78 is 70.6. The number of hydrogen-bond acceptors (Lipinski definition) is 5. The number of nitrogens with two attached hydrogens (primary N) is 1. The standard InChI is InChI=1S/C22H21F3N4S.C2HF3O2/c1-29(10-9-26)13-14-3-2-4-15(11-14)19-7-8-20(30-19)21-27-17-6-5-16(22(23,24)25)12-18(17)28-21;3-2(4,5)1(6)7/h2-8,11-12H,9-10,13,26H2,1H3,(H,27,28);(H,6,7). The minimum Gasteiger partial charge on any atom is -0.475 e. The number of benzene rings is 2. The Balaban J connectivity index is 0.000000479. The molecule has 0 aliphatic rings. The first-order chi connectivity index (χ1) is 17.3. The van der Waals surface area contributed by atoms with Crippen molar-refractivity contribution in [1.82, 2.24) is 14.9 Å². The molecular weight excluding hydrogens is 522 g/mol. The lowest BCUT2D eigenvalue weighted by atomic mass is 10.1. The van der Waals surface area contributed by atoms with Gasteiger partial charge in [0, 0.05) is 24.5 Å². The van der Waals surface area contributed by atoms with Crippen molar-refractivity contribution in [3.63, 3.8) is 0 Å². The first-order valence-electron chi connectivity index (χ1n) is 10.7. The normalized spacial score (nSPS) is 12.0. The van der Waals surface area contributed by atoms with Crippen LogP contribution in [0.1, 0.15) is 11.1 Å². The zero-order valence-electron chi connectivity index (χ0n) is 19.3. The summed E-state index contributed by atoms with van der Waals surface area (Å²) in [5.74, 6) is -2.19. The number of thiophene rings is 1. The summed E-state index contributed by atoms with van der Waals surface area (Å²) in [6, 6.07) is 15.8. The van der Waals surface area contributed by atoms with Crippen molar-refractivity contribution < 1.29 is 36.2 Å². The number of carbonyl (C=O) groups is 1. The lowest BCUT2D eigenvalue weighted by Crippen LogP contribution is -2.24. The smallest absolute Gasteiger partial charge is 0.475 e. The Morgan fingerprint density at radius 3 is 2.35 bits per heavy atom. The van der Waals surface area contributed by atoms with Crippen LogP contribution in [-0.4, -0.2) is 52.3 Å². The molecule has 0 bridgehead atoms. The molecule has 2 aromatic heterocycles. The molecule has 0 atom stereocenters. The van der Waals surface area contributed by atoms with Gasteiger partial charge in [0.1, 0.15) is 5.82 Å². The van der Waals surface area contributed by atoms with E-state index in [1.807, 2.05) is 25.2 Å². The van der Waals surface area contributed by atoms with Gasteiger partial charge < -0.3 is 20.7 Å². The van der Waals surface area contributed by atoms with E-state index in [1.165, 1.54) is 11.6 Å². The van der Waals surface area contributed by atoms with Gasteiger partial charge in [-0.25, -0.2) is 9.78 Å². The van der Waals surface area contributed by atoms with E-state index in [1.54, 1.807) is 11.3 Å². The second-order valence-electron chi connectivity index (χ2n) is 8.01. The summed E-state index contributed by atoms with van der Waals surface area (Å²) in [5, 5.41) is 7.12. The number of nitrogens with one attached hydrogen (secondary N) is 1. The zero-order chi connectivity index (χ0) is 27.4. The molecule has 0 unspecified atom stereocenters. The predicted octanol–water partition coefficient (Wildman–Crippen LogP) is 6.00. The quantitative estimate of drug-likeness (QED) is 0.259. The maximum absolute atomic E-state index is 12.9. The number of hydrogen-bond donors (Lipinski definition) is 3. The summed E-state index contributed by atoms with van der Waals surface area (Å²) >= 11 is 1.55. The van der Waals surface area contributed by atoms with Gasteiger partial charge in [0.2, 0.25) is 0 Å². The van der Waals surface area contributed by atoms with Crippen LogP contribution in [0, 0.1) is 0 Å². The SMILES string of the molecule is CN(CCN)Cc1cccc(-c2ccc(-c3nc4ccc(C(F)(F)F)cc4[nH]3)s2)c1.O=C(O)C(F)(F)F. The van der Waals surface area contributed by atoms with Gasteiger partial charge in [-0.05, 0) is 54.6 Å². The highest BCUT2D eigenvalue weighted by Crippen LogP contribution is 2.36. The van der Waals surface area contributed by atoms with Crippen molar-refractivity contribution in [2.24, 2.45) is 5.73 Å². The Kier molecular flexibility index (Phi) is 8.61. The number of aliphatic carboxylic acids is 1. The van der Waals surface area contributed by atoms with E-state index in [9.17, 15) is 26.3 Å². The molecule has 4 aromatic rings. The number of imidazole rings is 1. The van der Waals surface area contributed by atoms with E-state index in [2.05, 4.69) is 33.1 Å². The van der Waals surface area contributed by atoms with Crippen LogP contribution >= 0.6 is 11.3 Å². The Hall–Kier alpha value is -3.42. The average Bonchev–Trinajstić information content (AvgIpc) is 3.45. The summed E-state index contributed by atoms with van der Waals surface area (Å²) in [4.78, 5) is 20.5. The number of fused-ring (bicyclic) bond motifs is 1. The van der Waals surface area contributed by atoms with Crippen molar-refractivity contribution in [3.8, 4) is 21.1 Å². The highest BCUT2D eigenvalue weighted by molar-refractivity contribution is 7.18. The second-order valence-corrected chi connectivity index (χ2v) is 9.09. The molecule has 4 rings (SSSR count). The van der Waals surface area contributed by atoms with E-state index in [4.69, 9.17) is 15.6 Å². The molecule has 0 radical (unpaired) electrons. The van der Waals surface area contributed by atoms with Crippen LogP contribution in [0.4, 0.5) is 26.3 Å². The molecule has 2 heterocycles. The number of rotatable bonds is 6. The van der Waals surface area contributed by atoms with Crippen LogP contribution < -0.4 is 5.73 Å². The Morgan fingerprint density at radius 1 is 1.05 bits per heavy atom. The lowest BCUT2D eigenvalue weighted by Gasteiger charge is -2.15. The van der Waals surface area contributed by atoms with Crippen LogP contribution in [0.25, 0.3) is 32.2 Å². The Bertz CT molecular complexity index is 1360. The molecule has 0 aliphatic carbocycles. The van der Waals surface area contributed by atoms with E-state index >= 15 is 0 Å². The molecule has 4 N–H and O–H groups in total. The minimum absolute atomic E-state index is 0.375. The van der Waals surface area contributed by atoms with Gasteiger partial charge in [0.25, 0.3) is 0 Å². The van der Waals surface area contributed by atoms with Gasteiger partial charge in [-0.3, -0.25) is 0 Å². The van der Waals surface area contributed by atoms with E-state index in [0.29, 0.717) is 23.4 Å². The monoisotopic (exact) mass is 544 g/mol. The molecule has 6 nitrogen and oxygen atoms in total. The number of alkyl halides is 6. The molecule has 0 aliphatic heterocycles. The summed E-state index contributed by atoms with van der Waals surface area (Å²) in [5.41, 5.74) is 8.11. The van der Waals surface area contributed by atoms with Crippen molar-refractivity contribution in [2.45, 2.75) is 18.9 Å². The fourth-order valence-corrected chi connectivity index (χ4v) is 4.30. The molecular formula is C24H22F6N4O2S. The Labute approximate surface area is 211 Å². The molecule has 13 heteroatoms. The fraction of sp³-hybridized carbons (Fsp3) is 0.250. The van der Waals surface area contributed by atoms with Gasteiger partial charge >= 0.3 is 18.3 Å². The molecule has 2 aromatic carbocycles. The van der Waals surface area contributed by atoms with Crippen LogP contribution in [0.2, 0.25) is 0 Å². The maximum Gasteiger partial charge on any atom is 0.490 e. The largest absolute Gasteiger partial charge is 0.490 e. The molecule has 0 fully saturated rings. The first-order valence-corrected chi connectivity index (χ1v) is 11.5. The number of carboxylic acid groups (broad SMARTS) is 1.